The van der Waals surface area contributed by atoms with Crippen LogP contribution in [-0.2, 0) is 16.1 Å². The molecule has 0 bridgehead atoms. The highest BCUT2D eigenvalue weighted by atomic mass is 16.5. The summed E-state index contributed by atoms with van der Waals surface area (Å²) in [5.74, 6) is -0.338. The van der Waals surface area contributed by atoms with Crippen LogP contribution in [-0.4, -0.2) is 25.0 Å². The topological polar surface area (TPSA) is 58.6 Å². The maximum Gasteiger partial charge on any atom is 0.337 e. The minimum Gasteiger partial charge on any atom is -0.465 e. The van der Waals surface area contributed by atoms with Crippen molar-refractivity contribution in [3.63, 3.8) is 0 Å². The van der Waals surface area contributed by atoms with Gasteiger partial charge in [0.2, 0.25) is 5.91 Å². The number of para-hydroxylation sites is 2. The summed E-state index contributed by atoms with van der Waals surface area (Å²) < 4.78 is 4.69. The molecule has 0 spiro atoms. The summed E-state index contributed by atoms with van der Waals surface area (Å²) in [5, 5.41) is 3.20. The molecule has 1 aliphatic rings. The van der Waals surface area contributed by atoms with Crippen molar-refractivity contribution in [2.24, 2.45) is 0 Å². The summed E-state index contributed by atoms with van der Waals surface area (Å²) in [5.41, 5.74) is 3.27. The fourth-order valence-corrected chi connectivity index (χ4v) is 2.69. The zero-order valence-electron chi connectivity index (χ0n) is 13.1. The molecule has 2 aromatic rings. The fraction of sp³-hybridized carbons (Fsp3) is 0.222. The van der Waals surface area contributed by atoms with Gasteiger partial charge in [-0.25, -0.2) is 4.79 Å². The van der Waals surface area contributed by atoms with Crippen LogP contribution in [0.3, 0.4) is 0 Å². The Labute approximate surface area is 134 Å². The summed E-state index contributed by atoms with van der Waals surface area (Å²) in [7, 11) is 1.36. The molecule has 23 heavy (non-hydrogen) atoms. The first-order valence-corrected chi connectivity index (χ1v) is 7.44. The number of hydrogen-bond donors (Lipinski definition) is 1. The van der Waals surface area contributed by atoms with Crippen molar-refractivity contribution in [2.75, 3.05) is 17.3 Å². The molecule has 1 N–H and O–H groups in total. The predicted octanol–water partition coefficient (Wildman–Crippen LogP) is 2.82. The monoisotopic (exact) mass is 310 g/mol. The van der Waals surface area contributed by atoms with Gasteiger partial charge in [0, 0.05) is 0 Å². The van der Waals surface area contributed by atoms with E-state index >= 15 is 0 Å². The third-order valence-corrected chi connectivity index (χ3v) is 3.92. The van der Waals surface area contributed by atoms with Crippen molar-refractivity contribution in [3.05, 3.63) is 59.7 Å². The molecule has 0 saturated carbocycles. The number of carbonyl (C=O) groups is 2. The predicted molar refractivity (Wildman–Crippen MR) is 88.5 cm³/mol. The second-order valence-electron chi connectivity index (χ2n) is 5.50. The molecule has 0 fully saturated rings. The van der Waals surface area contributed by atoms with E-state index < -0.39 is 0 Å². The van der Waals surface area contributed by atoms with Crippen molar-refractivity contribution in [1.29, 1.82) is 0 Å². The van der Waals surface area contributed by atoms with Crippen LogP contribution in [0.5, 0.6) is 0 Å². The van der Waals surface area contributed by atoms with Crippen molar-refractivity contribution >= 4 is 23.3 Å². The zero-order valence-corrected chi connectivity index (χ0v) is 13.1. The fourth-order valence-electron chi connectivity index (χ4n) is 2.69. The Morgan fingerprint density at radius 2 is 1.87 bits per heavy atom. The Hall–Kier alpha value is -2.82. The van der Waals surface area contributed by atoms with Crippen LogP contribution >= 0.6 is 0 Å². The molecular weight excluding hydrogens is 292 g/mol. The second-order valence-corrected chi connectivity index (χ2v) is 5.50. The molecule has 0 radical (unpaired) electrons. The maximum absolute atomic E-state index is 12.5. The third-order valence-electron chi connectivity index (χ3n) is 3.92. The molecule has 3 rings (SSSR count). The number of nitrogens with zero attached hydrogens (tertiary/aromatic N) is 1. The van der Waals surface area contributed by atoms with E-state index in [0.29, 0.717) is 12.1 Å². The molecule has 0 aliphatic carbocycles. The molecule has 5 nitrogen and oxygen atoms in total. The van der Waals surface area contributed by atoms with Crippen LogP contribution in [0.15, 0.2) is 48.5 Å². The highest BCUT2D eigenvalue weighted by Gasteiger charge is 2.29. The lowest BCUT2D eigenvalue weighted by Crippen LogP contribution is -2.45. The molecule has 1 amide bonds. The average Bonchev–Trinajstić information content (AvgIpc) is 2.59. The second kappa shape index (κ2) is 6.12. The summed E-state index contributed by atoms with van der Waals surface area (Å²) in [4.78, 5) is 25.7. The van der Waals surface area contributed by atoms with Crippen molar-refractivity contribution < 1.29 is 14.3 Å². The van der Waals surface area contributed by atoms with Crippen LogP contribution in [0.1, 0.15) is 22.8 Å². The number of hydrogen-bond acceptors (Lipinski definition) is 4. The van der Waals surface area contributed by atoms with E-state index in [1.807, 2.05) is 43.3 Å². The summed E-state index contributed by atoms with van der Waals surface area (Å²) >= 11 is 0. The van der Waals surface area contributed by atoms with Gasteiger partial charge in [-0.2, -0.15) is 0 Å². The van der Waals surface area contributed by atoms with Gasteiger partial charge in [-0.05, 0) is 36.8 Å². The number of ether oxygens (including phenoxy) is 1. The van der Waals surface area contributed by atoms with Gasteiger partial charge >= 0.3 is 5.97 Å². The highest BCUT2D eigenvalue weighted by Crippen LogP contribution is 2.32. The van der Waals surface area contributed by atoms with E-state index in [0.717, 1.165) is 16.9 Å². The molecule has 1 aliphatic heterocycles. The number of fused-ring (bicyclic) bond motifs is 1. The third kappa shape index (κ3) is 2.90. The highest BCUT2D eigenvalue weighted by molar-refractivity contribution is 6.04. The number of amides is 1. The standard InChI is InChI=1S/C18H18N2O3/c1-12-17(21)20(16-6-4-3-5-15(16)19-12)11-13-7-9-14(10-8-13)18(22)23-2/h3-10,12,19H,11H2,1-2H3. The number of rotatable bonds is 3. The van der Waals surface area contributed by atoms with Crippen LogP contribution in [0.4, 0.5) is 11.4 Å². The van der Waals surface area contributed by atoms with E-state index in [-0.39, 0.29) is 17.9 Å². The van der Waals surface area contributed by atoms with E-state index in [2.05, 4.69) is 5.32 Å². The van der Waals surface area contributed by atoms with Gasteiger partial charge < -0.3 is 15.0 Å². The molecular formula is C18H18N2O3. The summed E-state index contributed by atoms with van der Waals surface area (Å²) in [6, 6.07) is 14.6. The van der Waals surface area contributed by atoms with Gasteiger partial charge in [-0.1, -0.05) is 24.3 Å². The van der Waals surface area contributed by atoms with Crippen molar-refractivity contribution in [1.82, 2.24) is 0 Å². The number of esters is 1. The van der Waals surface area contributed by atoms with E-state index in [4.69, 9.17) is 4.74 Å². The first-order chi connectivity index (χ1) is 11.1. The molecule has 1 unspecified atom stereocenters. The molecule has 5 heteroatoms. The average molecular weight is 310 g/mol. The molecule has 2 aromatic carbocycles. The number of carbonyl (C=O) groups excluding carboxylic acids is 2. The van der Waals surface area contributed by atoms with E-state index in [9.17, 15) is 9.59 Å². The van der Waals surface area contributed by atoms with Crippen LogP contribution in [0, 0.1) is 0 Å². The Bertz CT molecular complexity index is 740. The lowest BCUT2D eigenvalue weighted by Gasteiger charge is -2.34. The Kier molecular flexibility index (Phi) is 4.02. The largest absolute Gasteiger partial charge is 0.465 e. The molecule has 0 saturated heterocycles. The van der Waals surface area contributed by atoms with Crippen LogP contribution in [0.25, 0.3) is 0 Å². The number of anilines is 2. The molecule has 0 aromatic heterocycles. The molecule has 1 heterocycles. The first-order valence-electron chi connectivity index (χ1n) is 7.44. The SMILES string of the molecule is COC(=O)c1ccc(CN2C(=O)C(C)Nc3ccccc32)cc1. The molecule has 118 valence electrons. The first kappa shape index (κ1) is 15.1. The van der Waals surface area contributed by atoms with Crippen LogP contribution in [0.2, 0.25) is 0 Å². The minimum absolute atomic E-state index is 0.0285. The van der Waals surface area contributed by atoms with Gasteiger partial charge in [-0.3, -0.25) is 4.79 Å². The lowest BCUT2D eigenvalue weighted by molar-refractivity contribution is -0.119. The quantitative estimate of drug-likeness (QED) is 0.886. The van der Waals surface area contributed by atoms with Crippen molar-refractivity contribution in [3.8, 4) is 0 Å². The van der Waals surface area contributed by atoms with Gasteiger partial charge in [0.15, 0.2) is 0 Å². The van der Waals surface area contributed by atoms with Crippen molar-refractivity contribution in [2.45, 2.75) is 19.5 Å². The Morgan fingerprint density at radius 1 is 1.17 bits per heavy atom. The van der Waals surface area contributed by atoms with Gasteiger partial charge in [-0.15, -0.1) is 0 Å². The molecule has 1 atom stereocenters. The normalized spacial score (nSPS) is 16.5. The van der Waals surface area contributed by atoms with Gasteiger partial charge in [0.1, 0.15) is 6.04 Å². The maximum atomic E-state index is 12.5. The summed E-state index contributed by atoms with van der Waals surface area (Å²) in [6.07, 6.45) is 0. The minimum atomic E-state index is -0.367. The number of benzene rings is 2. The number of nitrogens with one attached hydrogen (secondary N) is 1. The smallest absolute Gasteiger partial charge is 0.337 e. The Balaban J connectivity index is 1.87. The van der Waals surface area contributed by atoms with E-state index in [1.54, 1.807) is 17.0 Å². The van der Waals surface area contributed by atoms with Gasteiger partial charge in [0.05, 0.1) is 30.6 Å². The Morgan fingerprint density at radius 3 is 2.57 bits per heavy atom. The zero-order chi connectivity index (χ0) is 16.4. The van der Waals surface area contributed by atoms with E-state index in [1.165, 1.54) is 7.11 Å². The van der Waals surface area contributed by atoms with Gasteiger partial charge in [0.25, 0.3) is 0 Å². The van der Waals surface area contributed by atoms with Crippen LogP contribution < -0.4 is 10.2 Å². The summed E-state index contributed by atoms with van der Waals surface area (Å²) in [6.45, 7) is 2.31. The lowest BCUT2D eigenvalue weighted by atomic mass is 10.1. The number of methoxy groups -OCH3 is 1.